The molecule has 0 bridgehead atoms. The molecule has 0 amide bonds. The lowest BCUT2D eigenvalue weighted by molar-refractivity contribution is -0.144. The van der Waals surface area contributed by atoms with Crippen LogP contribution in [0.2, 0.25) is 0 Å². The molecule has 0 aliphatic rings. The fourth-order valence-electron chi connectivity index (χ4n) is 0.632. The fourth-order valence-corrected chi connectivity index (χ4v) is 0.632. The Morgan fingerprint density at radius 3 is 2.82 bits per heavy atom. The first kappa shape index (κ1) is 7.10. The van der Waals surface area contributed by atoms with Crippen LogP contribution in [0.5, 0.6) is 0 Å². The van der Waals surface area contributed by atoms with E-state index in [-0.39, 0.29) is 13.0 Å². The van der Waals surface area contributed by atoms with E-state index in [1.807, 2.05) is 0 Å². The highest BCUT2D eigenvalue weighted by Crippen LogP contribution is 1.99. The summed E-state index contributed by atoms with van der Waals surface area (Å²) in [6, 6.07) is -0.852. The van der Waals surface area contributed by atoms with Gasteiger partial charge in [0.1, 0.15) is 6.04 Å². The van der Waals surface area contributed by atoms with Gasteiger partial charge in [-0.15, -0.1) is 0 Å². The maximum atomic E-state index is 11.0. The van der Waals surface area contributed by atoms with Crippen LogP contribution >= 0.6 is 0 Å². The molecule has 0 aromatic rings. The number of nitrogens with two attached hydrogens (primary N) is 1. The Hall–Kier alpha value is -0.570. The second-order valence-electron chi connectivity index (χ2n) is 2.17. The zero-order chi connectivity index (χ0) is 10.5. The fraction of sp³-hybridized carbons (Fsp3) is 0.875. The molecule has 0 fully saturated rings. The molecule has 11 heavy (non-hydrogen) atoms. The SMILES string of the molecule is [2H]C([2H])(CC)CC(N)C(=O)OCC. The molecule has 0 spiro atoms. The zero-order valence-electron chi connectivity index (χ0n) is 9.09. The van der Waals surface area contributed by atoms with Crippen LogP contribution < -0.4 is 5.73 Å². The Bertz CT molecular complexity index is 174. The highest BCUT2D eigenvalue weighted by atomic mass is 16.5. The summed E-state index contributed by atoms with van der Waals surface area (Å²) in [7, 11) is 0. The van der Waals surface area contributed by atoms with Crippen LogP contribution in [-0.4, -0.2) is 18.6 Å². The highest BCUT2D eigenvalue weighted by molar-refractivity contribution is 5.75. The molecule has 3 heteroatoms. The van der Waals surface area contributed by atoms with Gasteiger partial charge in [0.25, 0.3) is 0 Å². The van der Waals surface area contributed by atoms with Crippen molar-refractivity contribution in [3.63, 3.8) is 0 Å². The van der Waals surface area contributed by atoms with Gasteiger partial charge in [0.05, 0.1) is 6.61 Å². The molecule has 1 unspecified atom stereocenters. The smallest absolute Gasteiger partial charge is 0.322 e. The average molecular weight is 161 g/mol. The number of carbonyl (C=O) groups excluding carboxylic acids is 1. The van der Waals surface area contributed by atoms with Crippen LogP contribution in [0, 0.1) is 0 Å². The summed E-state index contributed by atoms with van der Waals surface area (Å²) in [6.45, 7) is 3.69. The van der Waals surface area contributed by atoms with Gasteiger partial charge in [0.2, 0.25) is 0 Å². The first-order chi connectivity index (χ1) is 5.93. The first-order valence-corrected chi connectivity index (χ1v) is 3.85. The minimum atomic E-state index is -1.38. The van der Waals surface area contributed by atoms with Crippen LogP contribution in [-0.2, 0) is 9.53 Å². The van der Waals surface area contributed by atoms with E-state index in [1.165, 1.54) is 0 Å². The van der Waals surface area contributed by atoms with Crippen molar-refractivity contribution in [2.45, 2.75) is 39.1 Å². The molecule has 0 aliphatic carbocycles. The van der Waals surface area contributed by atoms with E-state index < -0.39 is 18.4 Å². The van der Waals surface area contributed by atoms with Gasteiger partial charge in [0, 0.05) is 2.74 Å². The second-order valence-corrected chi connectivity index (χ2v) is 2.17. The molecular weight excluding hydrogens is 142 g/mol. The molecule has 0 heterocycles. The van der Waals surface area contributed by atoms with E-state index in [4.69, 9.17) is 8.48 Å². The molecule has 0 aromatic carbocycles. The third-order valence-corrected chi connectivity index (χ3v) is 1.20. The number of carbonyl (C=O) groups is 1. The quantitative estimate of drug-likeness (QED) is 0.613. The van der Waals surface area contributed by atoms with Gasteiger partial charge in [-0.05, 0) is 13.3 Å². The van der Waals surface area contributed by atoms with Crippen LogP contribution in [0.25, 0.3) is 0 Å². The van der Waals surface area contributed by atoms with Gasteiger partial charge in [-0.25, -0.2) is 0 Å². The summed E-state index contributed by atoms with van der Waals surface area (Å²) < 4.78 is 19.5. The number of ether oxygens (including phenoxy) is 1. The number of esters is 1. The van der Waals surface area contributed by atoms with E-state index in [2.05, 4.69) is 4.74 Å². The Morgan fingerprint density at radius 2 is 2.36 bits per heavy atom. The average Bonchev–Trinajstić information content (AvgIpc) is 2.04. The standard InChI is InChI=1S/C8H17NO2/c1-3-5-6-7(9)8(10)11-4-2/h7H,3-6,9H2,1-2H3/i5D2. The van der Waals surface area contributed by atoms with Gasteiger partial charge in [-0.2, -0.15) is 0 Å². The van der Waals surface area contributed by atoms with E-state index in [9.17, 15) is 4.79 Å². The molecule has 0 aromatic heterocycles. The van der Waals surface area contributed by atoms with Gasteiger partial charge in [-0.3, -0.25) is 4.79 Å². The molecule has 0 aliphatic heterocycles. The minimum Gasteiger partial charge on any atom is -0.465 e. The molecule has 0 rings (SSSR count). The molecule has 0 saturated heterocycles. The third kappa shape index (κ3) is 4.79. The maximum Gasteiger partial charge on any atom is 0.322 e. The third-order valence-electron chi connectivity index (χ3n) is 1.20. The first-order valence-electron chi connectivity index (χ1n) is 4.85. The van der Waals surface area contributed by atoms with Crippen molar-refractivity contribution < 1.29 is 12.3 Å². The molecule has 0 saturated carbocycles. The van der Waals surface area contributed by atoms with E-state index in [0.717, 1.165) is 0 Å². The summed E-state index contributed by atoms with van der Waals surface area (Å²) in [5.41, 5.74) is 5.45. The van der Waals surface area contributed by atoms with Crippen LogP contribution in [0.1, 0.15) is 35.8 Å². The molecule has 0 radical (unpaired) electrons. The van der Waals surface area contributed by atoms with Crippen LogP contribution in [0.3, 0.4) is 0 Å². The predicted octanol–water partition coefficient (Wildman–Crippen LogP) is 1.07. The van der Waals surface area contributed by atoms with Gasteiger partial charge in [0.15, 0.2) is 0 Å². The Labute approximate surface area is 70.7 Å². The van der Waals surface area contributed by atoms with Gasteiger partial charge in [-0.1, -0.05) is 19.7 Å². The topological polar surface area (TPSA) is 52.3 Å². The molecular formula is C8H17NO2. The van der Waals surface area contributed by atoms with Crippen molar-refractivity contribution >= 4 is 5.97 Å². The summed E-state index contributed by atoms with van der Waals surface area (Å²) in [6.07, 6.45) is -1.02. The van der Waals surface area contributed by atoms with Crippen molar-refractivity contribution in [3.8, 4) is 0 Å². The largest absolute Gasteiger partial charge is 0.465 e. The second kappa shape index (κ2) is 6.16. The normalized spacial score (nSPS) is 16.6. The lowest BCUT2D eigenvalue weighted by Crippen LogP contribution is -2.32. The van der Waals surface area contributed by atoms with Crippen molar-refractivity contribution in [1.29, 1.82) is 0 Å². The number of hydrogen-bond donors (Lipinski definition) is 1. The Morgan fingerprint density at radius 1 is 1.73 bits per heavy atom. The minimum absolute atomic E-state index is 0.0162. The van der Waals surface area contributed by atoms with E-state index in [0.29, 0.717) is 6.42 Å². The van der Waals surface area contributed by atoms with Crippen LogP contribution in [0.15, 0.2) is 0 Å². The molecule has 2 N–H and O–H groups in total. The van der Waals surface area contributed by atoms with E-state index in [1.54, 1.807) is 13.8 Å². The highest BCUT2D eigenvalue weighted by Gasteiger charge is 2.12. The van der Waals surface area contributed by atoms with Crippen molar-refractivity contribution in [1.82, 2.24) is 0 Å². The number of hydrogen-bond acceptors (Lipinski definition) is 3. The Kier molecular flexibility index (Phi) is 3.98. The lowest BCUT2D eigenvalue weighted by atomic mass is 10.1. The molecule has 3 nitrogen and oxygen atoms in total. The zero-order valence-corrected chi connectivity index (χ0v) is 7.09. The summed E-state index contributed by atoms with van der Waals surface area (Å²) >= 11 is 0. The van der Waals surface area contributed by atoms with Crippen molar-refractivity contribution in [2.24, 2.45) is 5.73 Å². The monoisotopic (exact) mass is 161 g/mol. The van der Waals surface area contributed by atoms with Gasteiger partial charge < -0.3 is 10.5 Å². The molecule has 66 valence electrons. The summed E-state index contributed by atoms with van der Waals surface area (Å²) in [4.78, 5) is 11.0. The van der Waals surface area contributed by atoms with E-state index >= 15 is 0 Å². The van der Waals surface area contributed by atoms with Crippen LogP contribution in [0.4, 0.5) is 0 Å². The predicted molar refractivity (Wildman–Crippen MR) is 44.1 cm³/mol. The summed E-state index contributed by atoms with van der Waals surface area (Å²) in [5, 5.41) is 0. The Balaban J connectivity index is 3.99. The maximum absolute atomic E-state index is 11.0. The summed E-state index contributed by atoms with van der Waals surface area (Å²) in [5.74, 6) is -0.528. The van der Waals surface area contributed by atoms with Crippen molar-refractivity contribution in [2.75, 3.05) is 6.61 Å². The number of rotatable bonds is 5. The van der Waals surface area contributed by atoms with Crippen molar-refractivity contribution in [3.05, 3.63) is 0 Å². The lowest BCUT2D eigenvalue weighted by Gasteiger charge is -2.08. The van der Waals surface area contributed by atoms with Gasteiger partial charge >= 0.3 is 5.97 Å². The molecule has 1 atom stereocenters.